The van der Waals surface area contributed by atoms with E-state index in [0.717, 1.165) is 11.3 Å². The highest BCUT2D eigenvalue weighted by Crippen LogP contribution is 2.22. The zero-order valence-electron chi connectivity index (χ0n) is 15.1. The second kappa shape index (κ2) is 8.44. The first-order valence-corrected chi connectivity index (χ1v) is 8.32. The summed E-state index contributed by atoms with van der Waals surface area (Å²) in [5.41, 5.74) is 2.36. The van der Waals surface area contributed by atoms with Gasteiger partial charge in [-0.2, -0.15) is 0 Å². The van der Waals surface area contributed by atoms with E-state index in [2.05, 4.69) is 5.32 Å². The lowest BCUT2D eigenvalue weighted by Gasteiger charge is -2.18. The molecular weight excluding hydrogens is 316 g/mol. The van der Waals surface area contributed by atoms with Gasteiger partial charge in [-0.1, -0.05) is 12.1 Å². The van der Waals surface area contributed by atoms with Gasteiger partial charge in [-0.15, -0.1) is 0 Å². The van der Waals surface area contributed by atoms with Gasteiger partial charge in [0.15, 0.2) is 11.8 Å². The number of carbonyl (C=O) groups is 2. The molecule has 0 saturated heterocycles. The van der Waals surface area contributed by atoms with Crippen LogP contribution in [0, 0.1) is 0 Å². The van der Waals surface area contributed by atoms with Gasteiger partial charge in [0.2, 0.25) is 0 Å². The summed E-state index contributed by atoms with van der Waals surface area (Å²) in [6, 6.07) is 14.5. The third-order valence-electron chi connectivity index (χ3n) is 4.18. The number of anilines is 1. The second-order valence-electron chi connectivity index (χ2n) is 6.13. The molecule has 0 aliphatic carbocycles. The maximum absolute atomic E-state index is 12.4. The molecule has 0 aliphatic rings. The molecule has 0 fully saturated rings. The molecule has 0 spiro atoms. The SMILES string of the molecule is COc1ccccc1[C@@H](C)[NH2+][C@@H](C)C(=O)Nc1ccc(C(C)=O)cc1. The molecule has 5 heteroatoms. The first-order valence-electron chi connectivity index (χ1n) is 8.32. The van der Waals surface area contributed by atoms with Gasteiger partial charge in [0.05, 0.1) is 12.7 Å². The predicted molar refractivity (Wildman–Crippen MR) is 97.9 cm³/mol. The molecular formula is C20H25N2O3+. The molecule has 25 heavy (non-hydrogen) atoms. The van der Waals surface area contributed by atoms with Crippen molar-refractivity contribution in [2.45, 2.75) is 32.9 Å². The molecule has 3 N–H and O–H groups in total. The summed E-state index contributed by atoms with van der Waals surface area (Å²) in [6.45, 7) is 5.43. The quantitative estimate of drug-likeness (QED) is 0.760. The van der Waals surface area contributed by atoms with Crippen LogP contribution in [0.4, 0.5) is 5.69 Å². The second-order valence-corrected chi connectivity index (χ2v) is 6.13. The summed E-state index contributed by atoms with van der Waals surface area (Å²) in [4.78, 5) is 23.7. The molecule has 0 bridgehead atoms. The van der Waals surface area contributed by atoms with Crippen molar-refractivity contribution in [2.24, 2.45) is 0 Å². The molecule has 2 atom stereocenters. The van der Waals surface area contributed by atoms with Crippen molar-refractivity contribution in [1.82, 2.24) is 0 Å². The van der Waals surface area contributed by atoms with E-state index in [0.29, 0.717) is 11.3 Å². The zero-order valence-corrected chi connectivity index (χ0v) is 15.1. The van der Waals surface area contributed by atoms with Crippen molar-refractivity contribution in [3.63, 3.8) is 0 Å². The molecule has 0 saturated carbocycles. The van der Waals surface area contributed by atoms with E-state index in [-0.39, 0.29) is 23.8 Å². The van der Waals surface area contributed by atoms with Crippen LogP contribution in [0.25, 0.3) is 0 Å². The normalized spacial score (nSPS) is 13.0. The fourth-order valence-electron chi connectivity index (χ4n) is 2.71. The number of methoxy groups -OCH3 is 1. The number of hydrogen-bond acceptors (Lipinski definition) is 3. The Balaban J connectivity index is 1.98. The molecule has 132 valence electrons. The van der Waals surface area contributed by atoms with Gasteiger partial charge in [-0.05, 0) is 57.2 Å². The van der Waals surface area contributed by atoms with Crippen LogP contribution in [0.15, 0.2) is 48.5 Å². The number of ketones is 1. The highest BCUT2D eigenvalue weighted by molar-refractivity contribution is 5.96. The van der Waals surface area contributed by atoms with E-state index in [9.17, 15) is 9.59 Å². The fourth-order valence-corrected chi connectivity index (χ4v) is 2.71. The molecule has 0 aromatic heterocycles. The lowest BCUT2D eigenvalue weighted by Crippen LogP contribution is -2.91. The minimum Gasteiger partial charge on any atom is -0.496 e. The highest BCUT2D eigenvalue weighted by Gasteiger charge is 2.22. The lowest BCUT2D eigenvalue weighted by atomic mass is 10.1. The van der Waals surface area contributed by atoms with Crippen molar-refractivity contribution in [1.29, 1.82) is 0 Å². The standard InChI is InChI=1S/C20H24N2O3/c1-13(18-7-5-6-8-19(18)25-4)21-14(2)20(24)22-17-11-9-16(10-12-17)15(3)23/h5-14,21H,1-4H3,(H,22,24)/p+1/t13-,14+/m1/s1. The molecule has 0 unspecified atom stereocenters. The Hall–Kier alpha value is -2.66. The monoisotopic (exact) mass is 341 g/mol. The number of Topliss-reactive ketones (excluding diaryl/α,β-unsaturated/α-hetero) is 1. The van der Waals surface area contributed by atoms with E-state index in [1.165, 1.54) is 6.92 Å². The largest absolute Gasteiger partial charge is 0.496 e. The van der Waals surface area contributed by atoms with Crippen LogP contribution in [0.2, 0.25) is 0 Å². The molecule has 5 nitrogen and oxygen atoms in total. The summed E-state index contributed by atoms with van der Waals surface area (Å²) < 4.78 is 5.39. The average Bonchev–Trinajstić information content (AvgIpc) is 2.61. The Bertz CT molecular complexity index is 741. The number of nitrogens with one attached hydrogen (secondary N) is 1. The Morgan fingerprint density at radius 1 is 1.04 bits per heavy atom. The molecule has 0 radical (unpaired) electrons. The minimum atomic E-state index is -0.271. The number of amides is 1. The van der Waals surface area contributed by atoms with Gasteiger partial charge in [-0.25, -0.2) is 0 Å². The first-order chi connectivity index (χ1) is 11.9. The van der Waals surface area contributed by atoms with E-state index in [4.69, 9.17) is 4.74 Å². The molecule has 2 aromatic carbocycles. The number of benzene rings is 2. The Morgan fingerprint density at radius 2 is 1.68 bits per heavy atom. The lowest BCUT2D eigenvalue weighted by molar-refractivity contribution is -0.709. The number of para-hydroxylation sites is 1. The van der Waals surface area contributed by atoms with Crippen LogP contribution in [-0.2, 0) is 4.79 Å². The first kappa shape index (κ1) is 18.7. The molecule has 2 aromatic rings. The van der Waals surface area contributed by atoms with Gasteiger partial charge in [-0.3, -0.25) is 9.59 Å². The summed E-state index contributed by atoms with van der Waals surface area (Å²) in [7, 11) is 1.65. The van der Waals surface area contributed by atoms with Gasteiger partial charge in [0.1, 0.15) is 11.8 Å². The predicted octanol–water partition coefficient (Wildman–Crippen LogP) is 2.55. The van der Waals surface area contributed by atoms with Gasteiger partial charge in [0, 0.05) is 11.3 Å². The maximum Gasteiger partial charge on any atom is 0.282 e. The van der Waals surface area contributed by atoms with Crippen LogP contribution in [0.1, 0.15) is 42.7 Å². The van der Waals surface area contributed by atoms with Crippen LogP contribution >= 0.6 is 0 Å². The Morgan fingerprint density at radius 3 is 2.28 bits per heavy atom. The van der Waals surface area contributed by atoms with E-state index < -0.39 is 0 Å². The van der Waals surface area contributed by atoms with Crippen LogP contribution < -0.4 is 15.4 Å². The van der Waals surface area contributed by atoms with Crippen LogP contribution in [-0.4, -0.2) is 24.8 Å². The smallest absolute Gasteiger partial charge is 0.282 e. The van der Waals surface area contributed by atoms with Crippen molar-refractivity contribution < 1.29 is 19.6 Å². The van der Waals surface area contributed by atoms with Crippen LogP contribution in [0.3, 0.4) is 0 Å². The molecule has 0 aliphatic heterocycles. The van der Waals surface area contributed by atoms with Gasteiger partial charge >= 0.3 is 0 Å². The van der Waals surface area contributed by atoms with Crippen molar-refractivity contribution in [3.8, 4) is 5.75 Å². The molecule has 0 heterocycles. The van der Waals surface area contributed by atoms with Gasteiger partial charge in [0.25, 0.3) is 5.91 Å². The Kier molecular flexibility index (Phi) is 6.31. The minimum absolute atomic E-state index is 0.00483. The Labute approximate surface area is 148 Å². The third-order valence-corrected chi connectivity index (χ3v) is 4.18. The average molecular weight is 341 g/mol. The molecule has 2 rings (SSSR count). The number of carbonyl (C=O) groups excluding carboxylic acids is 2. The summed E-state index contributed by atoms with van der Waals surface area (Å²) in [6.07, 6.45) is 0. The summed E-state index contributed by atoms with van der Waals surface area (Å²) in [5, 5.41) is 4.88. The highest BCUT2D eigenvalue weighted by atomic mass is 16.5. The van der Waals surface area contributed by atoms with Crippen molar-refractivity contribution in [2.75, 3.05) is 12.4 Å². The van der Waals surface area contributed by atoms with Crippen LogP contribution in [0.5, 0.6) is 5.75 Å². The number of ether oxygens (including phenoxy) is 1. The topological polar surface area (TPSA) is 72.0 Å². The number of nitrogens with two attached hydrogens (primary N) is 1. The summed E-state index contributed by atoms with van der Waals surface area (Å²) >= 11 is 0. The number of rotatable bonds is 7. The molecule has 1 amide bonds. The van der Waals surface area contributed by atoms with E-state index >= 15 is 0 Å². The van der Waals surface area contributed by atoms with Crippen molar-refractivity contribution >= 4 is 17.4 Å². The van der Waals surface area contributed by atoms with E-state index in [1.54, 1.807) is 31.4 Å². The summed E-state index contributed by atoms with van der Waals surface area (Å²) in [5.74, 6) is 0.737. The number of quaternary nitrogens is 1. The third kappa shape index (κ3) is 4.90. The van der Waals surface area contributed by atoms with Crippen molar-refractivity contribution in [3.05, 3.63) is 59.7 Å². The number of hydrogen-bond donors (Lipinski definition) is 2. The van der Waals surface area contributed by atoms with E-state index in [1.807, 2.05) is 43.4 Å². The van der Waals surface area contributed by atoms with Gasteiger partial charge < -0.3 is 15.4 Å². The maximum atomic E-state index is 12.4. The fraction of sp³-hybridized carbons (Fsp3) is 0.300. The zero-order chi connectivity index (χ0) is 18.4.